The summed E-state index contributed by atoms with van der Waals surface area (Å²) in [5.74, 6) is 2.84. The van der Waals surface area contributed by atoms with Crippen molar-refractivity contribution in [3.63, 3.8) is 0 Å². The first-order chi connectivity index (χ1) is 9.88. The molecule has 0 unspecified atom stereocenters. The summed E-state index contributed by atoms with van der Waals surface area (Å²) in [4.78, 5) is 1.24. The second kappa shape index (κ2) is 6.31. The summed E-state index contributed by atoms with van der Waals surface area (Å²) in [6.07, 6.45) is 6.71. The topological polar surface area (TPSA) is 39.9 Å². The molecule has 106 valence electrons. The average molecular weight is 289 g/mol. The van der Waals surface area contributed by atoms with Crippen molar-refractivity contribution in [2.75, 3.05) is 6.61 Å². The van der Waals surface area contributed by atoms with E-state index < -0.39 is 0 Å². The minimum Gasteiger partial charge on any atom is -0.494 e. The fourth-order valence-electron chi connectivity index (χ4n) is 2.32. The first-order valence-electron chi connectivity index (χ1n) is 7.17. The predicted octanol–water partition coefficient (Wildman–Crippen LogP) is 3.83. The molecule has 0 aliphatic carbocycles. The number of rotatable bonds is 6. The number of fused-ring (bicyclic) bond motifs is 3. The van der Waals surface area contributed by atoms with Gasteiger partial charge >= 0.3 is 0 Å². The Kier molecular flexibility index (Phi) is 4.25. The van der Waals surface area contributed by atoms with Crippen LogP contribution >= 0.6 is 11.8 Å². The number of thioether (sulfide) groups is 1. The van der Waals surface area contributed by atoms with Gasteiger partial charge in [-0.05, 0) is 24.6 Å². The van der Waals surface area contributed by atoms with Gasteiger partial charge in [0.15, 0.2) is 0 Å². The van der Waals surface area contributed by atoms with Gasteiger partial charge in [-0.3, -0.25) is 4.57 Å². The van der Waals surface area contributed by atoms with E-state index in [0.29, 0.717) is 0 Å². The van der Waals surface area contributed by atoms with Crippen LogP contribution in [0.3, 0.4) is 0 Å². The summed E-state index contributed by atoms with van der Waals surface area (Å²) in [6.45, 7) is 3.03. The molecule has 0 atom stereocenters. The van der Waals surface area contributed by atoms with Crippen LogP contribution in [0.5, 0.6) is 5.75 Å². The van der Waals surface area contributed by atoms with E-state index in [1.807, 2.05) is 6.07 Å². The maximum absolute atomic E-state index is 5.83. The van der Waals surface area contributed by atoms with Crippen molar-refractivity contribution in [2.45, 2.75) is 43.3 Å². The van der Waals surface area contributed by atoms with Crippen molar-refractivity contribution >= 4 is 11.8 Å². The Bertz CT molecular complexity index is 582. The van der Waals surface area contributed by atoms with Gasteiger partial charge in [-0.15, -0.1) is 22.0 Å². The normalized spacial score (nSPS) is 12.8. The zero-order valence-electron chi connectivity index (χ0n) is 11.7. The lowest BCUT2D eigenvalue weighted by Crippen LogP contribution is -2.06. The molecule has 1 aromatic carbocycles. The first kappa shape index (κ1) is 13.5. The smallest absolute Gasteiger partial charge is 0.147 e. The minimum absolute atomic E-state index is 0.807. The van der Waals surface area contributed by atoms with E-state index in [9.17, 15) is 0 Å². The number of nitrogens with zero attached hydrogens (tertiary/aromatic N) is 3. The van der Waals surface area contributed by atoms with Crippen LogP contribution < -0.4 is 4.74 Å². The molecule has 1 aliphatic rings. The highest BCUT2D eigenvalue weighted by Gasteiger charge is 2.17. The molecule has 5 heteroatoms. The van der Waals surface area contributed by atoms with Crippen LogP contribution in [0.15, 0.2) is 29.4 Å². The molecule has 0 saturated heterocycles. The zero-order valence-corrected chi connectivity index (χ0v) is 12.5. The van der Waals surface area contributed by atoms with E-state index in [4.69, 9.17) is 4.74 Å². The summed E-state index contributed by atoms with van der Waals surface area (Å²) >= 11 is 1.79. The summed E-state index contributed by atoms with van der Waals surface area (Å²) in [5.41, 5.74) is 1.15. The summed E-state index contributed by atoms with van der Waals surface area (Å²) in [5, 5.41) is 8.09. The van der Waals surface area contributed by atoms with Crippen molar-refractivity contribution in [3.8, 4) is 11.4 Å². The first-order valence-corrected chi connectivity index (χ1v) is 8.16. The van der Waals surface area contributed by atoms with Gasteiger partial charge in [0.1, 0.15) is 17.9 Å². The molecule has 1 aliphatic heterocycles. The Balaban J connectivity index is 1.65. The Morgan fingerprint density at radius 1 is 1.30 bits per heavy atom. The third-order valence-corrected chi connectivity index (χ3v) is 4.47. The molecule has 0 fully saturated rings. The minimum atomic E-state index is 0.807. The van der Waals surface area contributed by atoms with E-state index in [0.717, 1.165) is 36.0 Å². The molecule has 0 amide bonds. The van der Waals surface area contributed by atoms with Gasteiger partial charge in [-0.25, -0.2) is 0 Å². The highest BCUT2D eigenvalue weighted by molar-refractivity contribution is 7.98. The number of ether oxygens (including phenoxy) is 1. The number of aromatic nitrogens is 3. The van der Waals surface area contributed by atoms with Crippen molar-refractivity contribution in [2.24, 2.45) is 0 Å². The molecule has 4 nitrogen and oxygen atoms in total. The summed E-state index contributed by atoms with van der Waals surface area (Å²) < 4.78 is 7.89. The highest BCUT2D eigenvalue weighted by atomic mass is 32.2. The molecule has 0 saturated carbocycles. The van der Waals surface area contributed by atoms with E-state index in [1.165, 1.54) is 24.2 Å². The summed E-state index contributed by atoms with van der Waals surface area (Å²) in [7, 11) is 0. The van der Waals surface area contributed by atoms with Crippen LogP contribution in [-0.4, -0.2) is 21.4 Å². The van der Waals surface area contributed by atoms with Crippen LogP contribution in [0, 0.1) is 0 Å². The number of benzene rings is 1. The van der Waals surface area contributed by atoms with Gasteiger partial charge in [0.05, 0.1) is 18.0 Å². The molecular formula is C15H19N3OS. The second-order valence-electron chi connectivity index (χ2n) is 4.94. The Hall–Kier alpha value is -1.49. The van der Waals surface area contributed by atoms with Gasteiger partial charge in [-0.2, -0.15) is 0 Å². The number of unbranched alkanes of at least 4 members (excludes halogenated alkanes) is 3. The lowest BCUT2D eigenvalue weighted by atomic mass is 10.2. The van der Waals surface area contributed by atoms with Crippen LogP contribution in [-0.2, 0) is 5.75 Å². The Morgan fingerprint density at radius 3 is 3.15 bits per heavy atom. The molecule has 1 aromatic heterocycles. The zero-order chi connectivity index (χ0) is 13.8. The molecule has 2 aromatic rings. The van der Waals surface area contributed by atoms with Crippen molar-refractivity contribution < 1.29 is 4.74 Å². The monoisotopic (exact) mass is 289 g/mol. The van der Waals surface area contributed by atoms with E-state index in [-0.39, 0.29) is 0 Å². The maximum atomic E-state index is 5.83. The second-order valence-corrected chi connectivity index (χ2v) is 5.96. The average Bonchev–Trinajstić information content (AvgIpc) is 2.95. The molecule has 0 N–H and O–H groups in total. The van der Waals surface area contributed by atoms with Crippen LogP contribution in [0.4, 0.5) is 0 Å². The fraction of sp³-hybridized carbons (Fsp3) is 0.467. The highest BCUT2D eigenvalue weighted by Crippen LogP contribution is 2.36. The molecule has 3 rings (SSSR count). The quantitative estimate of drug-likeness (QED) is 0.758. The van der Waals surface area contributed by atoms with E-state index in [2.05, 4.69) is 33.8 Å². The lowest BCUT2D eigenvalue weighted by molar-refractivity contribution is 0.304. The fourth-order valence-corrected chi connectivity index (χ4v) is 3.31. The number of hydrogen-bond acceptors (Lipinski definition) is 4. The largest absolute Gasteiger partial charge is 0.494 e. The Morgan fingerprint density at radius 2 is 2.25 bits per heavy atom. The third-order valence-electron chi connectivity index (χ3n) is 3.43. The van der Waals surface area contributed by atoms with Gasteiger partial charge in [-0.1, -0.05) is 26.2 Å². The lowest BCUT2D eigenvalue weighted by Gasteiger charge is -2.18. The molecule has 20 heavy (non-hydrogen) atoms. The van der Waals surface area contributed by atoms with Crippen molar-refractivity contribution in [1.29, 1.82) is 0 Å². The maximum Gasteiger partial charge on any atom is 0.147 e. The van der Waals surface area contributed by atoms with Crippen molar-refractivity contribution in [3.05, 3.63) is 30.4 Å². The summed E-state index contributed by atoms with van der Waals surface area (Å²) in [6, 6.07) is 6.26. The molecular weight excluding hydrogens is 270 g/mol. The standard InChI is InChI=1S/C15H19N3OS/c1-2-3-4-5-8-19-12-6-7-13-14(9-12)20-10-15-17-16-11-18(13)15/h6-7,9,11H,2-5,8,10H2,1H3. The van der Waals surface area contributed by atoms with Crippen molar-refractivity contribution in [1.82, 2.24) is 14.8 Å². The van der Waals surface area contributed by atoms with Crippen LogP contribution in [0.2, 0.25) is 0 Å². The van der Waals surface area contributed by atoms with Gasteiger partial charge in [0.2, 0.25) is 0 Å². The SMILES string of the molecule is CCCCCCOc1ccc2c(c1)SCc1nncn1-2. The van der Waals surface area contributed by atoms with Gasteiger partial charge in [0.25, 0.3) is 0 Å². The Labute approximate surface area is 123 Å². The van der Waals surface area contributed by atoms with E-state index in [1.54, 1.807) is 18.1 Å². The number of hydrogen-bond donors (Lipinski definition) is 0. The van der Waals surface area contributed by atoms with Gasteiger partial charge in [0, 0.05) is 4.90 Å². The third kappa shape index (κ3) is 2.82. The van der Waals surface area contributed by atoms with Gasteiger partial charge < -0.3 is 4.74 Å². The van der Waals surface area contributed by atoms with Crippen LogP contribution in [0.25, 0.3) is 5.69 Å². The van der Waals surface area contributed by atoms with E-state index >= 15 is 0 Å². The molecule has 0 spiro atoms. The molecule has 2 heterocycles. The van der Waals surface area contributed by atoms with Crippen LogP contribution in [0.1, 0.15) is 38.4 Å². The predicted molar refractivity (Wildman–Crippen MR) is 80.6 cm³/mol. The molecule has 0 bridgehead atoms. The molecule has 0 radical (unpaired) electrons.